The van der Waals surface area contributed by atoms with Gasteiger partial charge in [0.1, 0.15) is 11.5 Å². The van der Waals surface area contributed by atoms with Gasteiger partial charge >= 0.3 is 0 Å². The SMILES string of the molecule is CC(C)COc1ccc(C(=O)Nc2ccccc2OCC(C)C)cc1Br. The number of halogens is 1. The summed E-state index contributed by atoms with van der Waals surface area (Å²) in [6.45, 7) is 9.58. The fourth-order valence-corrected chi connectivity index (χ4v) is 2.66. The number of anilines is 1. The van der Waals surface area contributed by atoms with Gasteiger partial charge in [-0.15, -0.1) is 0 Å². The van der Waals surface area contributed by atoms with Crippen molar-refractivity contribution in [3.8, 4) is 11.5 Å². The number of hydrogen-bond acceptors (Lipinski definition) is 3. The van der Waals surface area contributed by atoms with Crippen LogP contribution in [0.3, 0.4) is 0 Å². The molecule has 0 unspecified atom stereocenters. The quantitative estimate of drug-likeness (QED) is 0.590. The van der Waals surface area contributed by atoms with Crippen LogP contribution in [0.15, 0.2) is 46.9 Å². The van der Waals surface area contributed by atoms with Crippen LogP contribution in [0.25, 0.3) is 0 Å². The molecule has 2 aromatic rings. The molecule has 0 fully saturated rings. The zero-order chi connectivity index (χ0) is 19.1. The smallest absolute Gasteiger partial charge is 0.255 e. The molecule has 0 aromatic heterocycles. The van der Waals surface area contributed by atoms with Crippen LogP contribution in [0.4, 0.5) is 5.69 Å². The van der Waals surface area contributed by atoms with Gasteiger partial charge in [-0.05, 0) is 58.1 Å². The van der Waals surface area contributed by atoms with Crippen molar-refractivity contribution in [3.63, 3.8) is 0 Å². The van der Waals surface area contributed by atoms with Crippen molar-refractivity contribution in [2.24, 2.45) is 11.8 Å². The second-order valence-electron chi connectivity index (χ2n) is 7.01. The van der Waals surface area contributed by atoms with Gasteiger partial charge in [0.15, 0.2) is 0 Å². The van der Waals surface area contributed by atoms with E-state index < -0.39 is 0 Å². The first kappa shape index (κ1) is 20.3. The molecule has 140 valence electrons. The van der Waals surface area contributed by atoms with Crippen molar-refractivity contribution in [2.75, 3.05) is 18.5 Å². The number of carbonyl (C=O) groups is 1. The Bertz CT molecular complexity index is 744. The van der Waals surface area contributed by atoms with E-state index in [0.717, 1.165) is 10.2 Å². The molecule has 0 bridgehead atoms. The van der Waals surface area contributed by atoms with Crippen LogP contribution in [0.2, 0.25) is 0 Å². The summed E-state index contributed by atoms with van der Waals surface area (Å²) in [7, 11) is 0. The van der Waals surface area contributed by atoms with Crippen molar-refractivity contribution in [1.29, 1.82) is 0 Å². The molecular weight excluding hydrogens is 394 g/mol. The van der Waals surface area contributed by atoms with Gasteiger partial charge in [-0.25, -0.2) is 0 Å². The van der Waals surface area contributed by atoms with Gasteiger partial charge in [0, 0.05) is 5.56 Å². The Morgan fingerprint density at radius 2 is 1.58 bits per heavy atom. The molecule has 26 heavy (non-hydrogen) atoms. The molecule has 0 radical (unpaired) electrons. The zero-order valence-electron chi connectivity index (χ0n) is 15.7. The Morgan fingerprint density at radius 1 is 0.962 bits per heavy atom. The van der Waals surface area contributed by atoms with E-state index in [2.05, 4.69) is 48.9 Å². The maximum Gasteiger partial charge on any atom is 0.255 e. The van der Waals surface area contributed by atoms with E-state index in [1.807, 2.05) is 30.3 Å². The highest BCUT2D eigenvalue weighted by Crippen LogP contribution is 2.28. The molecule has 0 aliphatic carbocycles. The largest absolute Gasteiger partial charge is 0.492 e. The minimum atomic E-state index is -0.193. The van der Waals surface area contributed by atoms with E-state index in [9.17, 15) is 4.79 Å². The number of para-hydroxylation sites is 2. The Kier molecular flexibility index (Phi) is 7.51. The molecule has 1 amide bonds. The van der Waals surface area contributed by atoms with E-state index in [1.165, 1.54) is 0 Å². The summed E-state index contributed by atoms with van der Waals surface area (Å²) >= 11 is 3.48. The summed E-state index contributed by atoms with van der Waals surface area (Å²) in [6.07, 6.45) is 0. The first-order valence-corrected chi connectivity index (χ1v) is 9.61. The third-order valence-electron chi connectivity index (χ3n) is 3.47. The van der Waals surface area contributed by atoms with Gasteiger partial charge in [0.05, 0.1) is 23.4 Å². The van der Waals surface area contributed by atoms with Gasteiger partial charge < -0.3 is 14.8 Å². The predicted molar refractivity (Wildman–Crippen MR) is 109 cm³/mol. The number of benzene rings is 2. The van der Waals surface area contributed by atoms with Crippen molar-refractivity contribution in [3.05, 3.63) is 52.5 Å². The second-order valence-corrected chi connectivity index (χ2v) is 7.86. The minimum Gasteiger partial charge on any atom is -0.492 e. The predicted octanol–water partition coefficient (Wildman–Crippen LogP) is 5.77. The van der Waals surface area contributed by atoms with E-state index in [-0.39, 0.29) is 5.91 Å². The molecule has 1 N–H and O–H groups in total. The normalized spacial score (nSPS) is 10.9. The van der Waals surface area contributed by atoms with Gasteiger partial charge in [-0.3, -0.25) is 4.79 Å². The molecule has 0 aliphatic heterocycles. The van der Waals surface area contributed by atoms with Crippen LogP contribution in [-0.4, -0.2) is 19.1 Å². The van der Waals surface area contributed by atoms with Crippen LogP contribution >= 0.6 is 15.9 Å². The summed E-state index contributed by atoms with van der Waals surface area (Å²) in [5.41, 5.74) is 1.21. The maximum absolute atomic E-state index is 12.6. The van der Waals surface area contributed by atoms with Crippen molar-refractivity contribution >= 4 is 27.5 Å². The molecule has 0 atom stereocenters. The van der Waals surface area contributed by atoms with Crippen LogP contribution in [0.5, 0.6) is 11.5 Å². The molecule has 0 saturated heterocycles. The molecule has 0 heterocycles. The average Bonchev–Trinajstić information content (AvgIpc) is 2.59. The summed E-state index contributed by atoms with van der Waals surface area (Å²) < 4.78 is 12.3. The highest BCUT2D eigenvalue weighted by molar-refractivity contribution is 9.10. The lowest BCUT2D eigenvalue weighted by Gasteiger charge is -2.14. The summed E-state index contributed by atoms with van der Waals surface area (Å²) in [4.78, 5) is 12.6. The number of nitrogens with one attached hydrogen (secondary N) is 1. The Labute approximate surface area is 164 Å². The van der Waals surface area contributed by atoms with Crippen LogP contribution in [0, 0.1) is 11.8 Å². The van der Waals surface area contributed by atoms with Crippen molar-refractivity contribution in [1.82, 2.24) is 0 Å². The fourth-order valence-electron chi connectivity index (χ4n) is 2.16. The zero-order valence-corrected chi connectivity index (χ0v) is 17.3. The lowest BCUT2D eigenvalue weighted by Crippen LogP contribution is -2.14. The molecular formula is C21H26BrNO3. The number of amides is 1. The Hall–Kier alpha value is -2.01. The Morgan fingerprint density at radius 3 is 2.19 bits per heavy atom. The monoisotopic (exact) mass is 419 g/mol. The highest BCUT2D eigenvalue weighted by atomic mass is 79.9. The molecule has 0 aliphatic rings. The van der Waals surface area contributed by atoms with Gasteiger partial charge in [0.25, 0.3) is 5.91 Å². The molecule has 4 nitrogen and oxygen atoms in total. The standard InChI is InChI=1S/C21H26BrNO3/c1-14(2)12-25-19-10-9-16(11-17(19)22)21(24)23-18-7-5-6-8-20(18)26-13-15(3)4/h5-11,14-15H,12-13H2,1-4H3,(H,23,24). The molecule has 0 saturated carbocycles. The third-order valence-corrected chi connectivity index (χ3v) is 4.09. The lowest BCUT2D eigenvalue weighted by atomic mass is 10.2. The van der Waals surface area contributed by atoms with Crippen molar-refractivity contribution < 1.29 is 14.3 Å². The fraction of sp³-hybridized carbons (Fsp3) is 0.381. The molecule has 0 spiro atoms. The van der Waals surface area contributed by atoms with Crippen molar-refractivity contribution in [2.45, 2.75) is 27.7 Å². The van der Waals surface area contributed by atoms with Crippen LogP contribution in [0.1, 0.15) is 38.1 Å². The van der Waals surface area contributed by atoms with Crippen LogP contribution in [-0.2, 0) is 0 Å². The second kappa shape index (κ2) is 9.62. The first-order valence-electron chi connectivity index (χ1n) is 8.82. The van der Waals surface area contributed by atoms with E-state index in [0.29, 0.717) is 42.0 Å². The topological polar surface area (TPSA) is 47.6 Å². The Balaban J connectivity index is 2.09. The molecule has 5 heteroatoms. The van der Waals surface area contributed by atoms with Gasteiger partial charge in [0.2, 0.25) is 0 Å². The minimum absolute atomic E-state index is 0.193. The van der Waals surface area contributed by atoms with E-state index in [4.69, 9.17) is 9.47 Å². The average molecular weight is 420 g/mol. The summed E-state index contributed by atoms with van der Waals surface area (Å²) in [5, 5.41) is 2.92. The van der Waals surface area contributed by atoms with E-state index >= 15 is 0 Å². The molecule has 2 rings (SSSR count). The third kappa shape index (κ3) is 6.06. The number of ether oxygens (including phenoxy) is 2. The summed E-state index contributed by atoms with van der Waals surface area (Å²) in [5.74, 6) is 2.06. The summed E-state index contributed by atoms with van der Waals surface area (Å²) in [6, 6.07) is 12.8. The van der Waals surface area contributed by atoms with Gasteiger partial charge in [-0.2, -0.15) is 0 Å². The maximum atomic E-state index is 12.6. The van der Waals surface area contributed by atoms with Gasteiger partial charge in [-0.1, -0.05) is 39.8 Å². The number of rotatable bonds is 8. The molecule has 2 aromatic carbocycles. The first-order chi connectivity index (χ1) is 12.4. The lowest BCUT2D eigenvalue weighted by molar-refractivity contribution is 0.102. The van der Waals surface area contributed by atoms with Crippen LogP contribution < -0.4 is 14.8 Å². The van der Waals surface area contributed by atoms with E-state index in [1.54, 1.807) is 12.1 Å². The number of carbonyl (C=O) groups excluding carboxylic acids is 1. The number of hydrogen-bond donors (Lipinski definition) is 1. The highest BCUT2D eigenvalue weighted by Gasteiger charge is 2.12.